The second-order valence-electron chi connectivity index (χ2n) is 4.95. The SMILES string of the molecule is O=C(O)CC1(CNC(=O)c2cccnc2Br)CCC1. The van der Waals surface area contributed by atoms with Gasteiger partial charge in [0.1, 0.15) is 4.60 Å². The number of rotatable bonds is 5. The van der Waals surface area contributed by atoms with Crippen molar-refractivity contribution in [2.75, 3.05) is 6.54 Å². The third kappa shape index (κ3) is 3.32. The molecule has 1 heterocycles. The molecule has 1 fully saturated rings. The van der Waals surface area contributed by atoms with Crippen molar-refractivity contribution in [3.05, 3.63) is 28.5 Å². The fourth-order valence-corrected chi connectivity index (χ4v) is 2.76. The van der Waals surface area contributed by atoms with Gasteiger partial charge in [-0.2, -0.15) is 0 Å². The van der Waals surface area contributed by atoms with Gasteiger partial charge in [-0.15, -0.1) is 0 Å². The number of pyridine rings is 1. The largest absolute Gasteiger partial charge is 0.481 e. The van der Waals surface area contributed by atoms with Crippen molar-refractivity contribution in [3.8, 4) is 0 Å². The van der Waals surface area contributed by atoms with Gasteiger partial charge in [0.05, 0.1) is 12.0 Å². The number of hydrogen-bond donors (Lipinski definition) is 2. The van der Waals surface area contributed by atoms with Crippen LogP contribution in [0.4, 0.5) is 0 Å². The fraction of sp³-hybridized carbons (Fsp3) is 0.462. The molecular weight excluding hydrogens is 312 g/mol. The molecule has 0 bridgehead atoms. The minimum atomic E-state index is -0.809. The molecule has 0 unspecified atom stereocenters. The summed E-state index contributed by atoms with van der Waals surface area (Å²) in [6.45, 7) is 0.402. The smallest absolute Gasteiger partial charge is 0.303 e. The number of carbonyl (C=O) groups excluding carboxylic acids is 1. The second-order valence-corrected chi connectivity index (χ2v) is 5.70. The van der Waals surface area contributed by atoms with E-state index in [1.807, 2.05) is 0 Å². The van der Waals surface area contributed by atoms with Crippen LogP contribution in [0.1, 0.15) is 36.0 Å². The monoisotopic (exact) mass is 326 g/mol. The molecule has 1 aromatic heterocycles. The van der Waals surface area contributed by atoms with Crippen LogP contribution >= 0.6 is 15.9 Å². The van der Waals surface area contributed by atoms with Crippen molar-refractivity contribution in [1.82, 2.24) is 10.3 Å². The van der Waals surface area contributed by atoms with Gasteiger partial charge in [-0.1, -0.05) is 6.42 Å². The van der Waals surface area contributed by atoms with Crippen molar-refractivity contribution in [2.45, 2.75) is 25.7 Å². The van der Waals surface area contributed by atoms with Crippen molar-refractivity contribution < 1.29 is 14.7 Å². The van der Waals surface area contributed by atoms with Crippen molar-refractivity contribution >= 4 is 27.8 Å². The number of nitrogens with one attached hydrogen (secondary N) is 1. The lowest BCUT2D eigenvalue weighted by molar-refractivity contribution is -0.141. The molecule has 1 aliphatic rings. The molecule has 0 aromatic carbocycles. The highest BCUT2D eigenvalue weighted by molar-refractivity contribution is 9.10. The molecule has 0 aliphatic heterocycles. The Morgan fingerprint density at radius 1 is 1.47 bits per heavy atom. The molecule has 2 rings (SSSR count). The summed E-state index contributed by atoms with van der Waals surface area (Å²) in [6, 6.07) is 3.37. The lowest BCUT2D eigenvalue weighted by Gasteiger charge is -2.40. The van der Waals surface area contributed by atoms with Crippen molar-refractivity contribution in [3.63, 3.8) is 0 Å². The Morgan fingerprint density at radius 3 is 2.74 bits per heavy atom. The third-order valence-electron chi connectivity index (χ3n) is 3.57. The summed E-state index contributed by atoms with van der Waals surface area (Å²) in [5.41, 5.74) is 0.197. The zero-order valence-electron chi connectivity index (χ0n) is 10.4. The summed E-state index contributed by atoms with van der Waals surface area (Å²) >= 11 is 3.22. The van der Waals surface area contributed by atoms with Gasteiger partial charge < -0.3 is 10.4 Å². The zero-order valence-corrected chi connectivity index (χ0v) is 11.9. The van der Waals surface area contributed by atoms with Gasteiger partial charge in [0.2, 0.25) is 0 Å². The van der Waals surface area contributed by atoms with Gasteiger partial charge in [0, 0.05) is 12.7 Å². The lowest BCUT2D eigenvalue weighted by atomic mass is 9.66. The number of amides is 1. The summed E-state index contributed by atoms with van der Waals surface area (Å²) in [5.74, 6) is -1.03. The van der Waals surface area contributed by atoms with E-state index in [0.717, 1.165) is 19.3 Å². The van der Waals surface area contributed by atoms with E-state index < -0.39 is 5.97 Å². The van der Waals surface area contributed by atoms with Crippen LogP contribution in [0.5, 0.6) is 0 Å². The molecule has 0 spiro atoms. The molecule has 1 amide bonds. The Labute approximate surface area is 119 Å². The highest BCUT2D eigenvalue weighted by Gasteiger charge is 2.39. The summed E-state index contributed by atoms with van der Waals surface area (Å²) in [5, 5.41) is 11.7. The summed E-state index contributed by atoms with van der Waals surface area (Å²) in [4.78, 5) is 26.8. The predicted octanol–water partition coefficient (Wildman–Crippen LogP) is 2.22. The van der Waals surface area contributed by atoms with Gasteiger partial charge in [-0.05, 0) is 46.3 Å². The molecule has 19 heavy (non-hydrogen) atoms. The van der Waals surface area contributed by atoms with Crippen molar-refractivity contribution in [1.29, 1.82) is 0 Å². The van der Waals surface area contributed by atoms with E-state index in [-0.39, 0.29) is 17.7 Å². The van der Waals surface area contributed by atoms with Crippen LogP contribution in [0, 0.1) is 5.41 Å². The lowest BCUT2D eigenvalue weighted by Crippen LogP contribution is -2.43. The number of nitrogens with zero attached hydrogens (tertiary/aromatic N) is 1. The first-order chi connectivity index (χ1) is 9.02. The number of aromatic nitrogens is 1. The van der Waals surface area contributed by atoms with Gasteiger partial charge in [0.15, 0.2) is 0 Å². The first kappa shape index (κ1) is 14.0. The first-order valence-electron chi connectivity index (χ1n) is 6.13. The van der Waals surface area contributed by atoms with E-state index >= 15 is 0 Å². The van der Waals surface area contributed by atoms with Gasteiger partial charge in [-0.3, -0.25) is 9.59 Å². The number of carbonyl (C=O) groups is 2. The quantitative estimate of drug-likeness (QED) is 0.813. The van der Waals surface area contributed by atoms with E-state index in [1.165, 1.54) is 0 Å². The normalized spacial score (nSPS) is 16.5. The number of aliphatic carboxylic acids is 1. The number of carboxylic acids is 1. The maximum atomic E-state index is 12.0. The van der Waals surface area contributed by atoms with E-state index in [4.69, 9.17) is 5.11 Å². The highest BCUT2D eigenvalue weighted by atomic mass is 79.9. The first-order valence-corrected chi connectivity index (χ1v) is 6.92. The topological polar surface area (TPSA) is 79.3 Å². The maximum Gasteiger partial charge on any atom is 0.303 e. The van der Waals surface area contributed by atoms with E-state index in [2.05, 4.69) is 26.2 Å². The maximum absolute atomic E-state index is 12.0. The highest BCUT2D eigenvalue weighted by Crippen LogP contribution is 2.43. The molecule has 0 radical (unpaired) electrons. The molecule has 102 valence electrons. The minimum absolute atomic E-state index is 0.113. The van der Waals surface area contributed by atoms with E-state index in [0.29, 0.717) is 16.7 Å². The van der Waals surface area contributed by atoms with Crippen LogP contribution < -0.4 is 5.32 Å². The Balaban J connectivity index is 1.97. The summed E-state index contributed by atoms with van der Waals surface area (Å²) < 4.78 is 0.494. The van der Waals surface area contributed by atoms with Crippen molar-refractivity contribution in [2.24, 2.45) is 5.41 Å². The standard InChI is InChI=1S/C13H15BrN2O3/c14-11-9(3-1-6-15-11)12(19)16-8-13(4-2-5-13)7-10(17)18/h1,3,6H,2,4-5,7-8H2,(H,16,19)(H,17,18). The Kier molecular flexibility index (Phi) is 4.19. The van der Waals surface area contributed by atoms with Gasteiger partial charge >= 0.3 is 5.97 Å². The number of carboxylic acid groups (broad SMARTS) is 1. The number of hydrogen-bond acceptors (Lipinski definition) is 3. The predicted molar refractivity (Wildman–Crippen MR) is 72.8 cm³/mol. The second kappa shape index (κ2) is 5.69. The van der Waals surface area contributed by atoms with Crippen LogP contribution in [0.3, 0.4) is 0 Å². The average molecular weight is 327 g/mol. The summed E-state index contributed by atoms with van der Waals surface area (Å²) in [6.07, 6.45) is 4.45. The molecule has 2 N–H and O–H groups in total. The zero-order chi connectivity index (χ0) is 13.9. The van der Waals surface area contributed by atoms with Gasteiger partial charge in [-0.25, -0.2) is 4.98 Å². The Morgan fingerprint density at radius 2 is 2.21 bits per heavy atom. The molecule has 1 aliphatic carbocycles. The molecular formula is C13H15BrN2O3. The molecule has 1 saturated carbocycles. The molecule has 5 nitrogen and oxygen atoms in total. The molecule has 1 aromatic rings. The Hall–Kier alpha value is -1.43. The van der Waals surface area contributed by atoms with Crippen LogP contribution in [0.25, 0.3) is 0 Å². The molecule has 0 atom stereocenters. The molecule has 6 heteroatoms. The fourth-order valence-electron chi connectivity index (χ4n) is 2.33. The summed E-state index contributed by atoms with van der Waals surface area (Å²) in [7, 11) is 0. The molecule has 0 saturated heterocycles. The van der Waals surface area contributed by atoms with Gasteiger partial charge in [0.25, 0.3) is 5.91 Å². The minimum Gasteiger partial charge on any atom is -0.481 e. The number of halogens is 1. The van der Waals surface area contributed by atoms with Crippen LogP contribution in [0.15, 0.2) is 22.9 Å². The van der Waals surface area contributed by atoms with Crippen LogP contribution in [0.2, 0.25) is 0 Å². The third-order valence-corrected chi connectivity index (χ3v) is 4.20. The van der Waals surface area contributed by atoms with Crippen LogP contribution in [-0.4, -0.2) is 28.5 Å². The van der Waals surface area contributed by atoms with E-state index in [9.17, 15) is 9.59 Å². The van der Waals surface area contributed by atoms with Crippen LogP contribution in [-0.2, 0) is 4.79 Å². The Bertz CT molecular complexity index is 500. The average Bonchev–Trinajstić information content (AvgIpc) is 2.32. The van der Waals surface area contributed by atoms with E-state index in [1.54, 1.807) is 18.3 Å².